The number of carbonyl (C=O) groups is 2. The Bertz CT molecular complexity index is 520. The van der Waals surface area contributed by atoms with E-state index in [2.05, 4.69) is 10.3 Å². The zero-order valence-corrected chi connectivity index (χ0v) is 11.1. The maximum Gasteiger partial charge on any atom is 0.433 e. The van der Waals surface area contributed by atoms with Gasteiger partial charge in [-0.15, -0.1) is 0 Å². The van der Waals surface area contributed by atoms with E-state index in [1.807, 2.05) is 0 Å². The van der Waals surface area contributed by atoms with Gasteiger partial charge in [-0.05, 0) is 12.1 Å². The zero-order chi connectivity index (χ0) is 16.0. The number of urea groups is 1. The summed E-state index contributed by atoms with van der Waals surface area (Å²) in [6.45, 7) is -0.183. The Morgan fingerprint density at radius 2 is 2.05 bits per heavy atom. The molecule has 1 aromatic rings. The molecule has 0 unspecified atom stereocenters. The summed E-state index contributed by atoms with van der Waals surface area (Å²) < 4.78 is 37.4. The van der Waals surface area contributed by atoms with Gasteiger partial charge in [0.2, 0.25) is 0 Å². The fourth-order valence-corrected chi connectivity index (χ4v) is 1.40. The summed E-state index contributed by atoms with van der Waals surface area (Å²) in [6.07, 6.45) is -4.76. The number of carboxylic acids is 1. The van der Waals surface area contributed by atoms with Crippen molar-refractivity contribution in [1.82, 2.24) is 15.2 Å². The predicted molar refractivity (Wildman–Crippen MR) is 66.4 cm³/mol. The molecule has 116 valence electrons. The average molecular weight is 305 g/mol. The lowest BCUT2D eigenvalue weighted by Gasteiger charge is -2.17. The van der Waals surface area contributed by atoms with Crippen LogP contribution in [0.1, 0.15) is 17.8 Å². The maximum absolute atomic E-state index is 12.5. The Labute approximate surface area is 118 Å². The number of carboxylic acid groups (broad SMARTS) is 1. The Morgan fingerprint density at radius 1 is 1.38 bits per heavy atom. The van der Waals surface area contributed by atoms with E-state index in [1.165, 1.54) is 19.2 Å². The van der Waals surface area contributed by atoms with Gasteiger partial charge >= 0.3 is 18.2 Å². The van der Waals surface area contributed by atoms with E-state index in [-0.39, 0.29) is 25.2 Å². The molecule has 0 aliphatic carbocycles. The third-order valence-electron chi connectivity index (χ3n) is 2.53. The minimum Gasteiger partial charge on any atom is -0.481 e. The standard InChI is InChI=1S/C12H14F3N3O3/c1-18(6-5-10(19)20)11(21)16-7-8-3-2-4-9(17-8)12(13,14)15/h2-4H,5-7H2,1H3,(H,16,21)(H,19,20). The third-order valence-corrected chi connectivity index (χ3v) is 2.53. The highest BCUT2D eigenvalue weighted by Gasteiger charge is 2.32. The van der Waals surface area contributed by atoms with Crippen LogP contribution in [0.4, 0.5) is 18.0 Å². The summed E-state index contributed by atoms with van der Waals surface area (Å²) in [5.41, 5.74) is -0.974. The number of hydrogen-bond donors (Lipinski definition) is 2. The number of aromatic nitrogens is 1. The van der Waals surface area contributed by atoms with E-state index in [1.54, 1.807) is 0 Å². The van der Waals surface area contributed by atoms with Gasteiger partial charge in [0.25, 0.3) is 0 Å². The van der Waals surface area contributed by atoms with Gasteiger partial charge in [-0.3, -0.25) is 4.79 Å². The van der Waals surface area contributed by atoms with Crippen LogP contribution in [0.5, 0.6) is 0 Å². The van der Waals surface area contributed by atoms with Crippen molar-refractivity contribution >= 4 is 12.0 Å². The molecule has 0 aliphatic heterocycles. The van der Waals surface area contributed by atoms with E-state index in [4.69, 9.17) is 5.11 Å². The summed E-state index contributed by atoms with van der Waals surface area (Å²) in [7, 11) is 1.39. The number of halogens is 3. The van der Waals surface area contributed by atoms with Crippen LogP contribution in [0, 0.1) is 0 Å². The van der Waals surface area contributed by atoms with Gasteiger partial charge in [-0.25, -0.2) is 9.78 Å². The van der Waals surface area contributed by atoms with Gasteiger partial charge in [-0.1, -0.05) is 6.07 Å². The lowest BCUT2D eigenvalue weighted by atomic mass is 10.3. The van der Waals surface area contributed by atoms with Crippen molar-refractivity contribution < 1.29 is 27.9 Å². The van der Waals surface area contributed by atoms with E-state index < -0.39 is 23.9 Å². The third kappa shape index (κ3) is 5.67. The van der Waals surface area contributed by atoms with Gasteiger partial charge in [0.05, 0.1) is 18.7 Å². The van der Waals surface area contributed by atoms with Gasteiger partial charge in [0, 0.05) is 13.6 Å². The van der Waals surface area contributed by atoms with Crippen LogP contribution < -0.4 is 5.32 Å². The zero-order valence-electron chi connectivity index (χ0n) is 11.1. The number of hydrogen-bond acceptors (Lipinski definition) is 3. The summed E-state index contributed by atoms with van der Waals surface area (Å²) in [6, 6.07) is 2.80. The number of amides is 2. The van der Waals surface area contributed by atoms with Crippen LogP contribution in [0.15, 0.2) is 18.2 Å². The second kappa shape index (κ2) is 6.91. The molecule has 2 amide bonds. The quantitative estimate of drug-likeness (QED) is 0.867. The van der Waals surface area contributed by atoms with Crippen LogP contribution in [0.25, 0.3) is 0 Å². The lowest BCUT2D eigenvalue weighted by Crippen LogP contribution is -2.38. The van der Waals surface area contributed by atoms with E-state index >= 15 is 0 Å². The Hall–Kier alpha value is -2.32. The first-order valence-corrected chi connectivity index (χ1v) is 5.94. The van der Waals surface area contributed by atoms with Crippen molar-refractivity contribution in [2.24, 2.45) is 0 Å². The van der Waals surface area contributed by atoms with Crippen molar-refractivity contribution in [3.05, 3.63) is 29.6 Å². The first kappa shape index (κ1) is 16.7. The van der Waals surface area contributed by atoms with E-state index in [0.29, 0.717) is 0 Å². The topological polar surface area (TPSA) is 82.5 Å². The van der Waals surface area contributed by atoms with Crippen LogP contribution in [0.2, 0.25) is 0 Å². The summed E-state index contributed by atoms with van der Waals surface area (Å²) in [5, 5.41) is 10.8. The molecule has 0 saturated carbocycles. The van der Waals surface area contributed by atoms with Crippen LogP contribution in [-0.2, 0) is 17.5 Å². The minimum atomic E-state index is -4.54. The molecule has 0 radical (unpaired) electrons. The van der Waals surface area contributed by atoms with Crippen LogP contribution in [-0.4, -0.2) is 40.6 Å². The SMILES string of the molecule is CN(CCC(=O)O)C(=O)NCc1cccc(C(F)(F)F)n1. The van der Waals surface area contributed by atoms with Gasteiger partial charge in [0.1, 0.15) is 5.69 Å². The molecule has 21 heavy (non-hydrogen) atoms. The number of alkyl halides is 3. The normalized spacial score (nSPS) is 11.0. The smallest absolute Gasteiger partial charge is 0.433 e. The first-order chi connectivity index (χ1) is 9.70. The molecule has 0 bridgehead atoms. The van der Waals surface area contributed by atoms with Crippen molar-refractivity contribution in [3.8, 4) is 0 Å². The number of pyridine rings is 1. The largest absolute Gasteiger partial charge is 0.481 e. The molecule has 0 aromatic carbocycles. The predicted octanol–water partition coefficient (Wildman–Crippen LogP) is 1.72. The number of nitrogens with zero attached hydrogens (tertiary/aromatic N) is 2. The second-order valence-electron chi connectivity index (χ2n) is 4.24. The summed E-state index contributed by atoms with van der Waals surface area (Å²) in [4.78, 5) is 26.5. The summed E-state index contributed by atoms with van der Waals surface area (Å²) >= 11 is 0. The number of rotatable bonds is 5. The number of nitrogens with one attached hydrogen (secondary N) is 1. The highest BCUT2D eigenvalue weighted by Crippen LogP contribution is 2.27. The van der Waals surface area contributed by atoms with Gasteiger partial charge in [0.15, 0.2) is 0 Å². The Kier molecular flexibility index (Phi) is 5.51. The first-order valence-electron chi connectivity index (χ1n) is 5.94. The van der Waals surface area contributed by atoms with Crippen molar-refractivity contribution in [2.75, 3.05) is 13.6 Å². The molecule has 0 aliphatic rings. The molecule has 0 spiro atoms. The number of aliphatic carboxylic acids is 1. The average Bonchev–Trinajstić information content (AvgIpc) is 2.41. The fraction of sp³-hybridized carbons (Fsp3) is 0.417. The molecule has 1 rings (SSSR count). The molecule has 0 saturated heterocycles. The highest BCUT2D eigenvalue weighted by atomic mass is 19.4. The van der Waals surface area contributed by atoms with E-state index in [9.17, 15) is 22.8 Å². The monoisotopic (exact) mass is 305 g/mol. The van der Waals surface area contributed by atoms with Crippen molar-refractivity contribution in [1.29, 1.82) is 0 Å². The molecular weight excluding hydrogens is 291 g/mol. The Morgan fingerprint density at radius 3 is 2.62 bits per heavy atom. The Balaban J connectivity index is 2.55. The highest BCUT2D eigenvalue weighted by molar-refractivity contribution is 5.74. The summed E-state index contributed by atoms with van der Waals surface area (Å²) in [5.74, 6) is -1.05. The molecule has 6 nitrogen and oxygen atoms in total. The van der Waals surface area contributed by atoms with Gasteiger partial charge < -0.3 is 15.3 Å². The molecule has 0 atom stereocenters. The van der Waals surface area contributed by atoms with E-state index in [0.717, 1.165) is 11.0 Å². The van der Waals surface area contributed by atoms with Crippen LogP contribution >= 0.6 is 0 Å². The molecule has 0 fully saturated rings. The minimum absolute atomic E-state index is 0.00279. The molecule has 9 heteroatoms. The number of carbonyl (C=O) groups excluding carboxylic acids is 1. The molecule has 1 heterocycles. The van der Waals surface area contributed by atoms with Gasteiger partial charge in [-0.2, -0.15) is 13.2 Å². The molecule has 1 aromatic heterocycles. The fourth-order valence-electron chi connectivity index (χ4n) is 1.40. The maximum atomic E-state index is 12.5. The lowest BCUT2D eigenvalue weighted by molar-refractivity contribution is -0.141. The second-order valence-corrected chi connectivity index (χ2v) is 4.24. The molecule has 2 N–H and O–H groups in total. The van der Waals surface area contributed by atoms with Crippen LogP contribution in [0.3, 0.4) is 0 Å². The van der Waals surface area contributed by atoms with Crippen molar-refractivity contribution in [3.63, 3.8) is 0 Å². The molecular formula is C12H14F3N3O3. The van der Waals surface area contributed by atoms with Crippen molar-refractivity contribution in [2.45, 2.75) is 19.1 Å².